The lowest BCUT2D eigenvalue weighted by Gasteiger charge is -2.27. The lowest BCUT2D eigenvalue weighted by atomic mass is 9.93. The van der Waals surface area contributed by atoms with Crippen LogP contribution in [0.4, 0.5) is 14.5 Å². The van der Waals surface area contributed by atoms with Gasteiger partial charge in [-0.2, -0.15) is 0 Å². The number of rotatable bonds is 13. The van der Waals surface area contributed by atoms with Crippen molar-refractivity contribution in [1.29, 1.82) is 0 Å². The summed E-state index contributed by atoms with van der Waals surface area (Å²) in [5.74, 6) is 1.81. The summed E-state index contributed by atoms with van der Waals surface area (Å²) in [4.78, 5) is 26.7. The van der Waals surface area contributed by atoms with Gasteiger partial charge in [0.1, 0.15) is 22.7 Å². The molecule has 4 rings (SSSR count). The molecule has 0 saturated carbocycles. The molecular formula is C35H36F2N2O5S. The lowest BCUT2D eigenvalue weighted by molar-refractivity contribution is 0.0915. The van der Waals surface area contributed by atoms with Gasteiger partial charge in [0.2, 0.25) is 10.0 Å². The number of ketones is 1. The van der Waals surface area contributed by atoms with Crippen LogP contribution in [-0.4, -0.2) is 45.1 Å². The maximum Gasteiger partial charge on any atom is 0.252 e. The molecular weight excluding hydrogens is 598 g/mol. The number of carbonyl (C=O) groups excluding carboxylic acids is 2. The molecule has 3 aromatic carbocycles. The molecule has 0 bridgehead atoms. The zero-order chi connectivity index (χ0) is 32.9. The maximum absolute atomic E-state index is 13.7. The first-order chi connectivity index (χ1) is 21.4. The topological polar surface area (TPSA) is 96.7 Å². The first-order valence-corrected chi connectivity index (χ1v) is 16.6. The van der Waals surface area contributed by atoms with Crippen LogP contribution in [0.2, 0.25) is 0 Å². The fourth-order valence-electron chi connectivity index (χ4n) is 5.28. The van der Waals surface area contributed by atoms with Crippen molar-refractivity contribution in [2.45, 2.75) is 52.0 Å². The number of alkyl halides is 1. The number of amides is 1. The second kappa shape index (κ2) is 13.7. The van der Waals surface area contributed by atoms with E-state index in [9.17, 15) is 26.8 Å². The fourth-order valence-corrected chi connectivity index (χ4v) is 6.25. The molecule has 1 amide bonds. The van der Waals surface area contributed by atoms with E-state index in [0.717, 1.165) is 10.6 Å². The zero-order valence-electron chi connectivity index (χ0n) is 25.7. The van der Waals surface area contributed by atoms with E-state index in [1.807, 2.05) is 13.8 Å². The van der Waals surface area contributed by atoms with Crippen molar-refractivity contribution in [3.8, 4) is 34.8 Å². The Morgan fingerprint density at radius 1 is 1.02 bits per heavy atom. The highest BCUT2D eigenvalue weighted by molar-refractivity contribution is 7.92. The van der Waals surface area contributed by atoms with Crippen LogP contribution in [0.3, 0.4) is 0 Å². The molecule has 0 fully saturated rings. The van der Waals surface area contributed by atoms with Crippen molar-refractivity contribution in [3.05, 3.63) is 77.6 Å². The number of halogens is 2. The van der Waals surface area contributed by atoms with Gasteiger partial charge in [0, 0.05) is 41.1 Å². The smallest absolute Gasteiger partial charge is 0.252 e. The van der Waals surface area contributed by atoms with Crippen LogP contribution in [0.15, 0.2) is 65.1 Å². The molecule has 0 radical (unpaired) electrons. The van der Waals surface area contributed by atoms with E-state index in [2.05, 4.69) is 11.2 Å². The number of terminal acetylenes is 1. The van der Waals surface area contributed by atoms with Crippen LogP contribution < -0.4 is 9.62 Å². The Morgan fingerprint density at radius 2 is 1.71 bits per heavy atom. The van der Waals surface area contributed by atoms with Crippen molar-refractivity contribution >= 4 is 38.4 Å². The highest BCUT2D eigenvalue weighted by Crippen LogP contribution is 2.42. The summed E-state index contributed by atoms with van der Waals surface area (Å²) in [5.41, 5.74) is 1.45. The van der Waals surface area contributed by atoms with Gasteiger partial charge in [-0.25, -0.2) is 12.8 Å². The van der Waals surface area contributed by atoms with Gasteiger partial charge in [-0.15, -0.1) is 6.42 Å². The van der Waals surface area contributed by atoms with Crippen LogP contribution in [0, 0.1) is 18.2 Å². The van der Waals surface area contributed by atoms with Crippen molar-refractivity contribution in [3.63, 3.8) is 0 Å². The summed E-state index contributed by atoms with van der Waals surface area (Å²) in [5, 5.41) is 3.36. The number of nitrogens with one attached hydrogen (secondary N) is 1. The van der Waals surface area contributed by atoms with Crippen LogP contribution in [0.25, 0.3) is 33.4 Å². The minimum Gasteiger partial charge on any atom is -0.455 e. The van der Waals surface area contributed by atoms with Crippen LogP contribution in [0.1, 0.15) is 67.2 Å². The summed E-state index contributed by atoms with van der Waals surface area (Å²) in [6, 6.07) is 15.3. The number of sulfonamides is 1. The molecule has 1 N–H and O–H groups in total. The second-order valence-corrected chi connectivity index (χ2v) is 12.7. The van der Waals surface area contributed by atoms with Crippen molar-refractivity contribution < 1.29 is 31.2 Å². The minimum atomic E-state index is -3.92. The summed E-state index contributed by atoms with van der Waals surface area (Å²) < 4.78 is 60.5. The van der Waals surface area contributed by atoms with Gasteiger partial charge in [0.15, 0.2) is 5.78 Å². The molecule has 0 aliphatic rings. The average Bonchev–Trinajstić information content (AvgIpc) is 3.41. The summed E-state index contributed by atoms with van der Waals surface area (Å²) >= 11 is 0. The quantitative estimate of drug-likeness (QED) is 0.121. The van der Waals surface area contributed by atoms with Gasteiger partial charge in [-0.1, -0.05) is 38.8 Å². The third kappa shape index (κ3) is 6.94. The van der Waals surface area contributed by atoms with E-state index in [-0.39, 0.29) is 47.8 Å². The monoisotopic (exact) mass is 634 g/mol. The highest BCUT2D eigenvalue weighted by atomic mass is 32.2. The van der Waals surface area contributed by atoms with Gasteiger partial charge >= 0.3 is 0 Å². The largest absolute Gasteiger partial charge is 0.455 e. The van der Waals surface area contributed by atoms with E-state index in [1.165, 1.54) is 30.3 Å². The number of fused-ring (bicyclic) bond motifs is 1. The van der Waals surface area contributed by atoms with E-state index < -0.39 is 34.0 Å². The molecule has 10 heteroatoms. The Kier molecular flexibility index (Phi) is 10.1. The van der Waals surface area contributed by atoms with E-state index in [0.29, 0.717) is 40.5 Å². The van der Waals surface area contributed by atoms with Gasteiger partial charge in [0.05, 0.1) is 24.2 Å². The molecule has 0 aliphatic carbocycles. The van der Waals surface area contributed by atoms with Crippen LogP contribution >= 0.6 is 0 Å². The maximum atomic E-state index is 13.7. The van der Waals surface area contributed by atoms with Crippen molar-refractivity contribution in [1.82, 2.24) is 5.32 Å². The number of anilines is 1. The number of furan rings is 1. The van der Waals surface area contributed by atoms with Crippen LogP contribution in [0.5, 0.6) is 0 Å². The molecule has 0 unspecified atom stereocenters. The summed E-state index contributed by atoms with van der Waals surface area (Å²) in [6.07, 6.45) is 7.91. The normalized spacial score (nSPS) is 11.8. The van der Waals surface area contributed by atoms with E-state index >= 15 is 0 Å². The molecule has 45 heavy (non-hydrogen) atoms. The average molecular weight is 635 g/mol. The number of hydrogen-bond acceptors (Lipinski definition) is 5. The summed E-state index contributed by atoms with van der Waals surface area (Å²) in [7, 11) is -3.92. The molecule has 7 nitrogen and oxygen atoms in total. The number of carbonyl (C=O) groups is 2. The fraction of sp³-hybridized carbons (Fsp3) is 0.314. The van der Waals surface area contributed by atoms with E-state index in [4.69, 9.17) is 10.8 Å². The first-order valence-electron chi connectivity index (χ1n) is 14.8. The van der Waals surface area contributed by atoms with Crippen molar-refractivity contribution in [2.75, 3.05) is 23.8 Å². The number of nitrogens with zero attached hydrogens (tertiary/aromatic N) is 1. The first kappa shape index (κ1) is 33.4. The van der Waals surface area contributed by atoms with E-state index in [1.54, 1.807) is 37.3 Å². The predicted octanol–water partition coefficient (Wildman–Crippen LogP) is 7.55. The molecule has 0 atom stereocenters. The SMILES string of the molecule is C#CC(CC)(CC)NC(=O)c1cccc(-c2cc3c(C(=O)CC)c(-c4ccc(F)cc4)oc3cc2N(CCCF)S(C)(=O)=O)c1. The van der Waals surface area contributed by atoms with Crippen molar-refractivity contribution in [2.24, 2.45) is 0 Å². The third-order valence-electron chi connectivity index (χ3n) is 7.95. The zero-order valence-corrected chi connectivity index (χ0v) is 26.6. The molecule has 236 valence electrons. The Labute approximate surface area is 262 Å². The molecule has 1 aromatic heterocycles. The molecule has 1 heterocycles. The lowest BCUT2D eigenvalue weighted by Crippen LogP contribution is -2.46. The second-order valence-electron chi connectivity index (χ2n) is 10.8. The Bertz CT molecular complexity index is 1870. The minimum absolute atomic E-state index is 0.0618. The number of benzene rings is 3. The predicted molar refractivity (Wildman–Crippen MR) is 174 cm³/mol. The molecule has 4 aromatic rings. The Balaban J connectivity index is 2.01. The summed E-state index contributed by atoms with van der Waals surface area (Å²) in [6.45, 7) is 4.59. The van der Waals surface area contributed by atoms with Gasteiger partial charge in [-0.3, -0.25) is 18.3 Å². The third-order valence-corrected chi connectivity index (χ3v) is 9.13. The van der Waals surface area contributed by atoms with Crippen LogP contribution in [-0.2, 0) is 10.0 Å². The standard InChI is InChI=1S/C35H36F2N2O5S/c1-6-30(40)32-28-21-27(24-12-10-13-25(20-24)34(41)38-35(7-2,8-3)9-4)29(39(19-11-18-36)45(5,42)43)22-31(28)44-33(32)23-14-16-26(37)17-15-23/h2,10,12-17,20-22H,6,8-9,11,18-19H2,1,3-5H3,(H,38,41). The molecule has 0 spiro atoms. The molecule has 0 saturated heterocycles. The number of Topliss-reactive ketones (excluding diaryl/α,β-unsaturated/α-hetero) is 1. The highest BCUT2D eigenvalue weighted by Gasteiger charge is 2.29. The van der Waals surface area contributed by atoms with Gasteiger partial charge < -0.3 is 9.73 Å². The molecule has 0 aliphatic heterocycles. The Morgan fingerprint density at radius 3 is 2.29 bits per heavy atom. The Hall–Kier alpha value is -4.49. The number of hydrogen-bond donors (Lipinski definition) is 1. The van der Waals surface area contributed by atoms with Gasteiger partial charge in [0.25, 0.3) is 5.91 Å². The van der Waals surface area contributed by atoms with Gasteiger partial charge in [-0.05, 0) is 67.3 Å².